The zero-order chi connectivity index (χ0) is 9.42. The number of hydrogen-bond acceptors (Lipinski definition) is 2. The lowest BCUT2D eigenvalue weighted by molar-refractivity contribution is -0.670. The van der Waals surface area contributed by atoms with E-state index in [0.29, 0.717) is 0 Å². The molecular formula is C9H13N4+. The van der Waals surface area contributed by atoms with Gasteiger partial charge >= 0.3 is 5.78 Å². The molecular weight excluding hydrogens is 164 g/mol. The second kappa shape index (κ2) is 2.80. The van der Waals surface area contributed by atoms with Gasteiger partial charge in [-0.25, -0.2) is 4.57 Å². The molecule has 0 unspecified atom stereocenters. The summed E-state index contributed by atoms with van der Waals surface area (Å²) in [6, 6.07) is 2.03. The molecule has 0 amide bonds. The lowest BCUT2D eigenvalue weighted by Crippen LogP contribution is -2.31. The fourth-order valence-corrected chi connectivity index (χ4v) is 1.48. The van der Waals surface area contributed by atoms with Crippen molar-refractivity contribution in [1.29, 1.82) is 0 Å². The Morgan fingerprint density at radius 2 is 2.23 bits per heavy atom. The van der Waals surface area contributed by atoms with E-state index < -0.39 is 0 Å². The van der Waals surface area contributed by atoms with Gasteiger partial charge in [0.1, 0.15) is 11.4 Å². The van der Waals surface area contributed by atoms with Crippen molar-refractivity contribution >= 4 is 5.78 Å². The molecule has 0 aliphatic carbocycles. The predicted octanol–water partition coefficient (Wildman–Crippen LogP) is 0.654. The lowest BCUT2D eigenvalue weighted by Gasteiger charge is -1.93. The highest BCUT2D eigenvalue weighted by Crippen LogP contribution is 2.01. The maximum absolute atomic E-state index is 4.43. The van der Waals surface area contributed by atoms with Gasteiger partial charge in [0.05, 0.1) is 6.54 Å². The van der Waals surface area contributed by atoms with Crippen molar-refractivity contribution in [3.8, 4) is 0 Å². The number of hydrogen-bond donors (Lipinski definition) is 0. The van der Waals surface area contributed by atoms with Gasteiger partial charge in [-0.1, -0.05) is 4.52 Å². The highest BCUT2D eigenvalue weighted by atomic mass is 15.4. The maximum Gasteiger partial charge on any atom is 0.387 e. The van der Waals surface area contributed by atoms with Gasteiger partial charge in [-0.3, -0.25) is 0 Å². The standard InChI is InChI=1S/C9H13N4/c1-4-12-6-10-13-8(3)5-7(2)11-9(12)13/h5-6H,4H2,1-3H3/q+1. The quantitative estimate of drug-likeness (QED) is 0.599. The van der Waals surface area contributed by atoms with E-state index >= 15 is 0 Å². The van der Waals surface area contributed by atoms with Crippen LogP contribution in [0.5, 0.6) is 0 Å². The van der Waals surface area contributed by atoms with E-state index in [9.17, 15) is 0 Å². The van der Waals surface area contributed by atoms with E-state index in [-0.39, 0.29) is 0 Å². The molecule has 4 heteroatoms. The highest BCUT2D eigenvalue weighted by Gasteiger charge is 2.13. The van der Waals surface area contributed by atoms with Gasteiger partial charge in [0.2, 0.25) is 6.33 Å². The van der Waals surface area contributed by atoms with Crippen LogP contribution in [0.1, 0.15) is 18.3 Å². The fourth-order valence-electron chi connectivity index (χ4n) is 1.48. The minimum atomic E-state index is 0.902. The van der Waals surface area contributed by atoms with Gasteiger partial charge in [0.25, 0.3) is 0 Å². The largest absolute Gasteiger partial charge is 0.387 e. The molecule has 0 atom stereocenters. The van der Waals surface area contributed by atoms with Crippen LogP contribution in [0.15, 0.2) is 12.4 Å². The molecule has 68 valence electrons. The molecule has 0 N–H and O–H groups in total. The Balaban J connectivity index is 2.82. The SMILES string of the molecule is CC[n+]1cnn2c(C)cc(C)nc21. The third kappa shape index (κ3) is 1.18. The summed E-state index contributed by atoms with van der Waals surface area (Å²) >= 11 is 0. The Bertz CT molecular complexity index is 444. The first-order valence-corrected chi connectivity index (χ1v) is 4.44. The Morgan fingerprint density at radius 3 is 2.92 bits per heavy atom. The van der Waals surface area contributed by atoms with Crippen molar-refractivity contribution in [2.75, 3.05) is 0 Å². The number of nitrogens with zero attached hydrogens (tertiary/aromatic N) is 4. The number of aryl methyl sites for hydroxylation is 3. The van der Waals surface area contributed by atoms with E-state index in [1.807, 2.05) is 35.3 Å². The van der Waals surface area contributed by atoms with Crippen LogP contribution >= 0.6 is 0 Å². The summed E-state index contributed by atoms with van der Waals surface area (Å²) in [5.41, 5.74) is 2.16. The maximum atomic E-state index is 4.43. The predicted molar refractivity (Wildman–Crippen MR) is 48.3 cm³/mol. The van der Waals surface area contributed by atoms with Crippen molar-refractivity contribution in [2.45, 2.75) is 27.3 Å². The summed E-state index contributed by atoms with van der Waals surface area (Å²) < 4.78 is 3.89. The Kier molecular flexibility index (Phi) is 1.76. The summed E-state index contributed by atoms with van der Waals surface area (Å²) in [4.78, 5) is 4.43. The molecule has 0 aliphatic heterocycles. The van der Waals surface area contributed by atoms with Gasteiger partial charge < -0.3 is 0 Å². The molecule has 13 heavy (non-hydrogen) atoms. The lowest BCUT2D eigenvalue weighted by atomic mass is 10.4. The topological polar surface area (TPSA) is 34.1 Å². The van der Waals surface area contributed by atoms with Crippen LogP contribution in [0.4, 0.5) is 0 Å². The van der Waals surface area contributed by atoms with Crippen molar-refractivity contribution in [3.63, 3.8) is 0 Å². The van der Waals surface area contributed by atoms with Gasteiger partial charge in [-0.05, 0) is 25.9 Å². The van der Waals surface area contributed by atoms with Crippen LogP contribution in [0.2, 0.25) is 0 Å². The van der Waals surface area contributed by atoms with E-state index in [1.54, 1.807) is 0 Å². The first-order valence-electron chi connectivity index (χ1n) is 4.44. The molecule has 4 nitrogen and oxygen atoms in total. The molecule has 2 rings (SSSR count). The molecule has 0 spiro atoms. The van der Waals surface area contributed by atoms with Crippen molar-refractivity contribution in [2.24, 2.45) is 0 Å². The second-order valence-corrected chi connectivity index (χ2v) is 3.17. The zero-order valence-corrected chi connectivity index (χ0v) is 8.15. The number of rotatable bonds is 1. The third-order valence-electron chi connectivity index (χ3n) is 2.12. The molecule has 0 saturated carbocycles. The molecule has 0 aliphatic rings. The number of fused-ring (bicyclic) bond motifs is 1. The summed E-state index contributed by atoms with van der Waals surface area (Å²) in [5.74, 6) is 0.917. The molecule has 0 bridgehead atoms. The molecule has 0 saturated heterocycles. The van der Waals surface area contributed by atoms with Crippen LogP contribution in [-0.4, -0.2) is 14.6 Å². The molecule has 0 radical (unpaired) electrons. The Hall–Kier alpha value is -1.45. The fraction of sp³-hybridized carbons (Fsp3) is 0.444. The van der Waals surface area contributed by atoms with E-state index in [0.717, 1.165) is 23.7 Å². The first kappa shape index (κ1) is 8.16. The van der Waals surface area contributed by atoms with Crippen molar-refractivity contribution in [3.05, 3.63) is 23.8 Å². The summed E-state index contributed by atoms with van der Waals surface area (Å²) in [7, 11) is 0. The monoisotopic (exact) mass is 177 g/mol. The average molecular weight is 177 g/mol. The minimum absolute atomic E-state index is 0.902. The van der Waals surface area contributed by atoms with Crippen LogP contribution < -0.4 is 4.57 Å². The summed E-state index contributed by atoms with van der Waals surface area (Å²) in [6.45, 7) is 7.02. The summed E-state index contributed by atoms with van der Waals surface area (Å²) in [5, 5.41) is 4.25. The van der Waals surface area contributed by atoms with E-state index in [2.05, 4.69) is 17.0 Å². The smallest absolute Gasteiger partial charge is 0.224 e. The van der Waals surface area contributed by atoms with Crippen LogP contribution in [0, 0.1) is 13.8 Å². The van der Waals surface area contributed by atoms with E-state index in [1.165, 1.54) is 0 Å². The average Bonchev–Trinajstić information content (AvgIpc) is 2.47. The van der Waals surface area contributed by atoms with Gasteiger partial charge in [0, 0.05) is 6.07 Å². The molecule has 2 heterocycles. The zero-order valence-electron chi connectivity index (χ0n) is 8.15. The van der Waals surface area contributed by atoms with Crippen LogP contribution in [0.25, 0.3) is 5.78 Å². The number of aromatic nitrogens is 4. The second-order valence-electron chi connectivity index (χ2n) is 3.17. The molecule has 0 fully saturated rings. The molecule has 2 aromatic rings. The first-order chi connectivity index (χ1) is 6.22. The molecule has 0 aromatic carbocycles. The third-order valence-corrected chi connectivity index (χ3v) is 2.12. The summed E-state index contributed by atoms with van der Waals surface area (Å²) in [6.07, 6.45) is 1.81. The van der Waals surface area contributed by atoms with Gasteiger partial charge in [0.15, 0.2) is 0 Å². The Labute approximate surface area is 76.8 Å². The van der Waals surface area contributed by atoms with Gasteiger partial charge in [-0.2, -0.15) is 0 Å². The van der Waals surface area contributed by atoms with Crippen LogP contribution in [-0.2, 0) is 6.54 Å². The minimum Gasteiger partial charge on any atom is -0.224 e. The van der Waals surface area contributed by atoms with Crippen molar-refractivity contribution in [1.82, 2.24) is 14.6 Å². The Morgan fingerprint density at radius 1 is 1.46 bits per heavy atom. The normalized spacial score (nSPS) is 11.0. The van der Waals surface area contributed by atoms with Crippen LogP contribution in [0.3, 0.4) is 0 Å². The van der Waals surface area contributed by atoms with Gasteiger partial charge in [-0.15, -0.1) is 4.98 Å². The molecule has 2 aromatic heterocycles. The van der Waals surface area contributed by atoms with Crippen molar-refractivity contribution < 1.29 is 4.57 Å². The highest BCUT2D eigenvalue weighted by molar-refractivity contribution is 5.23. The van der Waals surface area contributed by atoms with E-state index in [4.69, 9.17) is 0 Å².